The van der Waals surface area contributed by atoms with Crippen LogP contribution in [-0.2, 0) is 9.53 Å². The predicted molar refractivity (Wildman–Crippen MR) is 102 cm³/mol. The fourth-order valence-corrected chi connectivity index (χ4v) is 3.21. The molecule has 1 fully saturated rings. The highest BCUT2D eigenvalue weighted by atomic mass is 19.1. The third kappa shape index (κ3) is 3.60. The topological polar surface area (TPSA) is 99.7 Å². The molecule has 1 saturated heterocycles. The number of carbonyl (C=O) groups excluding carboxylic acids is 2. The molecule has 1 N–H and O–H groups in total. The van der Waals surface area contributed by atoms with Gasteiger partial charge < -0.3 is 14.5 Å². The van der Waals surface area contributed by atoms with Crippen molar-refractivity contribution in [1.82, 2.24) is 14.7 Å². The van der Waals surface area contributed by atoms with Crippen molar-refractivity contribution in [3.8, 4) is 17.2 Å². The van der Waals surface area contributed by atoms with Gasteiger partial charge in [0.2, 0.25) is 5.91 Å². The predicted octanol–water partition coefficient (Wildman–Crippen LogP) is 2.47. The molecule has 8 nitrogen and oxygen atoms in total. The molecule has 0 aliphatic carbocycles. The molecule has 146 valence electrons. The van der Waals surface area contributed by atoms with Crippen LogP contribution >= 0.6 is 0 Å². The molecular formula is C20H16FN5O3. The molecule has 0 radical (unpaired) electrons. The van der Waals surface area contributed by atoms with Crippen molar-refractivity contribution in [3.63, 3.8) is 0 Å². The summed E-state index contributed by atoms with van der Waals surface area (Å²) >= 11 is 0. The number of nitrogens with zero attached hydrogens (tertiary/aromatic N) is 4. The average molecular weight is 393 g/mol. The van der Waals surface area contributed by atoms with Gasteiger partial charge in [-0.05, 0) is 30.3 Å². The number of fused-ring (bicyclic) bond motifs is 1. The summed E-state index contributed by atoms with van der Waals surface area (Å²) in [5, 5.41) is 11.6. The number of hydrogen-bond donors (Lipinski definition) is 1. The first kappa shape index (κ1) is 18.4. The number of nitrogens with one attached hydrogen (secondary N) is 1. The maximum atomic E-state index is 14.8. The van der Waals surface area contributed by atoms with Crippen molar-refractivity contribution in [2.45, 2.75) is 13.0 Å². The van der Waals surface area contributed by atoms with E-state index in [1.807, 2.05) is 6.07 Å². The second-order valence-corrected chi connectivity index (χ2v) is 6.64. The van der Waals surface area contributed by atoms with Gasteiger partial charge in [0.1, 0.15) is 23.6 Å². The Balaban J connectivity index is 1.57. The smallest absolute Gasteiger partial charge is 0.414 e. The van der Waals surface area contributed by atoms with Crippen LogP contribution < -0.4 is 10.2 Å². The first-order valence-electron chi connectivity index (χ1n) is 8.86. The summed E-state index contributed by atoms with van der Waals surface area (Å²) in [6.45, 7) is 1.80. The molecule has 2 aromatic heterocycles. The summed E-state index contributed by atoms with van der Waals surface area (Å²) in [6, 6.07) is 9.89. The minimum absolute atomic E-state index is 0.202. The number of benzene rings is 1. The van der Waals surface area contributed by atoms with E-state index in [2.05, 4.69) is 10.3 Å². The highest BCUT2D eigenvalue weighted by molar-refractivity contribution is 5.90. The van der Waals surface area contributed by atoms with E-state index in [-0.39, 0.29) is 24.7 Å². The van der Waals surface area contributed by atoms with E-state index in [1.54, 1.807) is 41.1 Å². The molecule has 1 aliphatic rings. The van der Waals surface area contributed by atoms with E-state index in [4.69, 9.17) is 10.00 Å². The number of halogens is 1. The van der Waals surface area contributed by atoms with Gasteiger partial charge in [-0.1, -0.05) is 0 Å². The zero-order valence-electron chi connectivity index (χ0n) is 15.4. The van der Waals surface area contributed by atoms with Crippen LogP contribution in [0.5, 0.6) is 0 Å². The zero-order valence-corrected chi connectivity index (χ0v) is 15.4. The molecule has 1 atom stereocenters. The first-order valence-corrected chi connectivity index (χ1v) is 8.86. The molecular weight excluding hydrogens is 377 g/mol. The van der Waals surface area contributed by atoms with Crippen molar-refractivity contribution in [1.29, 1.82) is 5.26 Å². The molecule has 4 rings (SSSR count). The Morgan fingerprint density at radius 3 is 2.93 bits per heavy atom. The lowest BCUT2D eigenvalue weighted by Gasteiger charge is -2.14. The summed E-state index contributed by atoms with van der Waals surface area (Å²) in [4.78, 5) is 28.6. The number of anilines is 1. The van der Waals surface area contributed by atoms with E-state index in [0.717, 1.165) is 0 Å². The Bertz CT molecular complexity index is 1170. The van der Waals surface area contributed by atoms with Gasteiger partial charge >= 0.3 is 6.09 Å². The van der Waals surface area contributed by atoms with Gasteiger partial charge in [0.25, 0.3) is 0 Å². The summed E-state index contributed by atoms with van der Waals surface area (Å²) < 4.78 is 21.7. The molecule has 0 unspecified atom stereocenters. The number of pyridine rings is 1. The van der Waals surface area contributed by atoms with Crippen molar-refractivity contribution < 1.29 is 18.7 Å². The molecule has 0 spiro atoms. The van der Waals surface area contributed by atoms with Gasteiger partial charge in [-0.25, -0.2) is 14.2 Å². The Morgan fingerprint density at radius 2 is 2.21 bits per heavy atom. The van der Waals surface area contributed by atoms with Crippen LogP contribution in [0.1, 0.15) is 12.6 Å². The monoisotopic (exact) mass is 393 g/mol. The van der Waals surface area contributed by atoms with Crippen molar-refractivity contribution in [3.05, 3.63) is 54.2 Å². The van der Waals surface area contributed by atoms with Gasteiger partial charge in [-0.2, -0.15) is 5.26 Å². The highest BCUT2D eigenvalue weighted by Crippen LogP contribution is 2.29. The van der Waals surface area contributed by atoms with E-state index in [9.17, 15) is 14.0 Å². The summed E-state index contributed by atoms with van der Waals surface area (Å²) in [5.74, 6) is -0.716. The van der Waals surface area contributed by atoms with Crippen LogP contribution in [0.15, 0.2) is 42.7 Å². The van der Waals surface area contributed by atoms with Crippen LogP contribution in [0.4, 0.5) is 14.9 Å². The van der Waals surface area contributed by atoms with Gasteiger partial charge in [0.05, 0.1) is 18.8 Å². The lowest BCUT2D eigenvalue weighted by Crippen LogP contribution is -2.33. The number of rotatable bonds is 4. The van der Waals surface area contributed by atoms with Crippen LogP contribution in [0, 0.1) is 17.1 Å². The summed E-state index contributed by atoms with van der Waals surface area (Å²) in [5.41, 5.74) is 2.20. The quantitative estimate of drug-likeness (QED) is 0.734. The number of carbonyl (C=O) groups is 2. The molecule has 29 heavy (non-hydrogen) atoms. The normalized spacial score (nSPS) is 16.0. The Morgan fingerprint density at radius 1 is 1.38 bits per heavy atom. The number of hydrogen-bond acceptors (Lipinski definition) is 5. The number of ether oxygens (including phenoxy) is 1. The van der Waals surface area contributed by atoms with E-state index >= 15 is 0 Å². The number of cyclic esters (lactones) is 1. The number of nitriles is 1. The Hall–Kier alpha value is -3.93. The van der Waals surface area contributed by atoms with Gasteiger partial charge in [-0.3, -0.25) is 9.69 Å². The van der Waals surface area contributed by atoms with Crippen molar-refractivity contribution >= 4 is 23.3 Å². The van der Waals surface area contributed by atoms with E-state index < -0.39 is 18.0 Å². The van der Waals surface area contributed by atoms with Crippen molar-refractivity contribution in [2.75, 3.05) is 18.0 Å². The molecule has 1 aliphatic heterocycles. The van der Waals surface area contributed by atoms with Gasteiger partial charge in [-0.15, -0.1) is 0 Å². The third-order valence-electron chi connectivity index (χ3n) is 4.59. The minimum Gasteiger partial charge on any atom is -0.442 e. The first-order chi connectivity index (χ1) is 13.9. The van der Waals surface area contributed by atoms with Gasteiger partial charge in [0.15, 0.2) is 5.69 Å². The fraction of sp³-hybridized carbons (Fsp3) is 0.200. The second-order valence-electron chi connectivity index (χ2n) is 6.64. The Labute approximate surface area is 165 Å². The third-order valence-corrected chi connectivity index (χ3v) is 4.59. The van der Waals surface area contributed by atoms with Gasteiger partial charge in [0, 0.05) is 30.4 Å². The lowest BCUT2D eigenvalue weighted by molar-refractivity contribution is -0.119. The standard InChI is InChI=1S/C20H16FN5O3/c1-12(27)23-8-16-11-26(20(28)29-16)15-3-4-17(18(21)6-15)13-2-5-19-24-14(7-22)10-25(19)9-13/h2-6,9-10,16H,8,11H2,1H3,(H,23,27)/t16-/m1/s1. The van der Waals surface area contributed by atoms with E-state index in [1.165, 1.54) is 17.9 Å². The lowest BCUT2D eigenvalue weighted by atomic mass is 10.1. The molecule has 3 aromatic rings. The maximum absolute atomic E-state index is 14.8. The van der Waals surface area contributed by atoms with Crippen LogP contribution in [-0.4, -0.2) is 40.6 Å². The van der Waals surface area contributed by atoms with Crippen molar-refractivity contribution in [2.24, 2.45) is 0 Å². The molecule has 3 heterocycles. The SMILES string of the molecule is CC(=O)NC[C@@H]1CN(c2ccc(-c3ccc4nc(C#N)cn4c3)c(F)c2)C(=O)O1. The minimum atomic E-state index is -0.587. The fourth-order valence-electron chi connectivity index (χ4n) is 3.21. The number of amides is 2. The zero-order chi connectivity index (χ0) is 20.5. The maximum Gasteiger partial charge on any atom is 0.414 e. The summed E-state index contributed by atoms with van der Waals surface area (Å²) in [7, 11) is 0. The highest BCUT2D eigenvalue weighted by Gasteiger charge is 2.32. The molecule has 2 amide bonds. The van der Waals surface area contributed by atoms with Crippen LogP contribution in [0.3, 0.4) is 0 Å². The van der Waals surface area contributed by atoms with Crippen LogP contribution in [0.25, 0.3) is 16.8 Å². The van der Waals surface area contributed by atoms with Crippen LogP contribution in [0.2, 0.25) is 0 Å². The molecule has 0 bridgehead atoms. The van der Waals surface area contributed by atoms with E-state index in [0.29, 0.717) is 22.5 Å². The molecule has 9 heteroatoms. The summed E-state index contributed by atoms with van der Waals surface area (Å²) in [6.07, 6.45) is 2.18. The molecule has 1 aromatic carbocycles. The molecule has 0 saturated carbocycles. The second kappa shape index (κ2) is 7.24. The Kier molecular flexibility index (Phi) is 4.60. The number of imidazole rings is 1. The largest absolute Gasteiger partial charge is 0.442 e. The number of aromatic nitrogens is 2. The average Bonchev–Trinajstić information content (AvgIpc) is 3.28.